The number of aliphatic hydroxyl groups is 1. The number of carboxylic acid groups (broad SMARTS) is 1. The number of carboxylic acids is 1. The van der Waals surface area contributed by atoms with E-state index in [9.17, 15) is 23.1 Å². The van der Waals surface area contributed by atoms with Crippen molar-refractivity contribution in [2.45, 2.75) is 51.4 Å². The molecule has 0 saturated heterocycles. The van der Waals surface area contributed by atoms with Crippen molar-refractivity contribution in [1.82, 2.24) is 0 Å². The molecule has 1 fully saturated rings. The van der Waals surface area contributed by atoms with E-state index in [2.05, 4.69) is 0 Å². The summed E-state index contributed by atoms with van der Waals surface area (Å²) in [6.07, 6.45) is 6.13. The fraction of sp³-hybridized carbons (Fsp3) is 0.565. The zero-order valence-corrected chi connectivity index (χ0v) is 19.0. The minimum atomic E-state index is -3.30. The van der Waals surface area contributed by atoms with Crippen LogP contribution in [0.2, 0.25) is 0 Å². The quantitative estimate of drug-likeness (QED) is 0.349. The first-order valence-electron chi connectivity index (χ1n) is 10.6. The third-order valence-corrected chi connectivity index (χ3v) is 7.82. The molecule has 0 radical (unpaired) electrons. The van der Waals surface area contributed by atoms with Gasteiger partial charge in [-0.1, -0.05) is 30.7 Å². The first kappa shape index (κ1) is 25.1. The summed E-state index contributed by atoms with van der Waals surface area (Å²) in [4.78, 5) is 23.7. The fourth-order valence-electron chi connectivity index (χ4n) is 3.85. The van der Waals surface area contributed by atoms with Crippen molar-refractivity contribution in [2.24, 2.45) is 5.41 Å². The molecule has 1 aromatic rings. The number of hydrogen-bond donors (Lipinski definition) is 2. The van der Waals surface area contributed by atoms with E-state index >= 15 is 0 Å². The Morgan fingerprint density at radius 3 is 2.58 bits per heavy atom. The van der Waals surface area contributed by atoms with E-state index in [1.807, 2.05) is 0 Å². The van der Waals surface area contributed by atoms with Crippen LogP contribution in [0.25, 0.3) is 6.08 Å². The van der Waals surface area contributed by atoms with Gasteiger partial charge in [-0.3, -0.25) is 4.79 Å². The second-order valence-electron chi connectivity index (χ2n) is 8.52. The lowest BCUT2D eigenvalue weighted by Gasteiger charge is -2.27. The summed E-state index contributed by atoms with van der Waals surface area (Å²) in [6.45, 7) is 3.30. The first-order valence-corrected chi connectivity index (χ1v) is 12.4. The zero-order chi connectivity index (χ0) is 23.1. The molecule has 2 rings (SSSR count). The van der Waals surface area contributed by atoms with Gasteiger partial charge >= 0.3 is 11.9 Å². The lowest BCUT2D eigenvalue weighted by molar-refractivity contribution is -0.143. The summed E-state index contributed by atoms with van der Waals surface area (Å²) in [6, 6.07) is 7.05. The van der Waals surface area contributed by atoms with Crippen LogP contribution in [0.4, 0.5) is 0 Å². The highest BCUT2D eigenvalue weighted by Gasteiger charge is 2.46. The van der Waals surface area contributed by atoms with Gasteiger partial charge in [-0.15, -0.1) is 0 Å². The molecule has 0 spiro atoms. The molecule has 31 heavy (non-hydrogen) atoms. The summed E-state index contributed by atoms with van der Waals surface area (Å²) >= 11 is 0. The SMILES string of the molecule is CCOC(=O)/C=C/c1cccc(C(C)(CCCC2(CS(=O)(=O)CCO)CC2)C(=O)O)c1. The van der Waals surface area contributed by atoms with Gasteiger partial charge in [-0.2, -0.15) is 0 Å². The second kappa shape index (κ2) is 10.4. The number of aliphatic hydroxyl groups excluding tert-OH is 1. The maximum Gasteiger partial charge on any atom is 0.330 e. The van der Waals surface area contributed by atoms with Crippen molar-refractivity contribution in [3.63, 3.8) is 0 Å². The topological polar surface area (TPSA) is 118 Å². The highest BCUT2D eigenvalue weighted by molar-refractivity contribution is 7.91. The van der Waals surface area contributed by atoms with E-state index in [1.165, 1.54) is 6.08 Å². The van der Waals surface area contributed by atoms with Crippen molar-refractivity contribution in [2.75, 3.05) is 24.7 Å². The van der Waals surface area contributed by atoms with Gasteiger partial charge in [0.15, 0.2) is 9.84 Å². The molecule has 0 heterocycles. The van der Waals surface area contributed by atoms with E-state index in [0.29, 0.717) is 30.4 Å². The number of ether oxygens (including phenoxy) is 1. The monoisotopic (exact) mass is 452 g/mol. The lowest BCUT2D eigenvalue weighted by atomic mass is 9.77. The summed E-state index contributed by atoms with van der Waals surface area (Å²) in [5.74, 6) is -1.58. The Bertz CT molecular complexity index is 916. The number of hydrogen-bond acceptors (Lipinski definition) is 6. The number of aliphatic carboxylic acids is 1. The van der Waals surface area contributed by atoms with Crippen LogP contribution in [-0.2, 0) is 29.6 Å². The van der Waals surface area contributed by atoms with Gasteiger partial charge in [-0.05, 0) is 62.1 Å². The Morgan fingerprint density at radius 1 is 1.29 bits per heavy atom. The van der Waals surface area contributed by atoms with E-state index in [-0.39, 0.29) is 30.1 Å². The minimum Gasteiger partial charge on any atom is -0.481 e. The lowest BCUT2D eigenvalue weighted by Crippen LogP contribution is -2.33. The minimum absolute atomic E-state index is 0.0541. The average Bonchev–Trinajstić information content (AvgIpc) is 3.44. The molecular weight excluding hydrogens is 420 g/mol. The van der Waals surface area contributed by atoms with E-state index in [4.69, 9.17) is 9.84 Å². The van der Waals surface area contributed by atoms with Gasteiger partial charge in [0, 0.05) is 6.08 Å². The summed E-state index contributed by atoms with van der Waals surface area (Å²) in [5.41, 5.74) is -0.0820. The number of carbonyl (C=O) groups is 2. The predicted molar refractivity (Wildman–Crippen MR) is 118 cm³/mol. The smallest absolute Gasteiger partial charge is 0.330 e. The molecule has 1 saturated carbocycles. The van der Waals surface area contributed by atoms with Gasteiger partial charge in [0.25, 0.3) is 0 Å². The van der Waals surface area contributed by atoms with Crippen molar-refractivity contribution >= 4 is 27.9 Å². The van der Waals surface area contributed by atoms with E-state index in [1.54, 1.807) is 44.2 Å². The van der Waals surface area contributed by atoms with Crippen LogP contribution in [0.15, 0.2) is 30.3 Å². The maximum absolute atomic E-state index is 12.2. The standard InChI is InChI=1S/C23H32O7S/c1-3-30-20(25)9-8-18-6-4-7-19(16-18)22(2,21(26)27)10-5-11-23(12-13-23)17-31(28,29)15-14-24/h4,6-9,16,24H,3,5,10-15,17H2,1-2H3,(H,26,27)/b9-8+. The number of esters is 1. The highest BCUT2D eigenvalue weighted by Crippen LogP contribution is 2.51. The van der Waals surface area contributed by atoms with E-state index in [0.717, 1.165) is 12.8 Å². The number of sulfone groups is 1. The van der Waals surface area contributed by atoms with Crippen molar-refractivity contribution in [3.05, 3.63) is 41.5 Å². The second-order valence-corrected chi connectivity index (χ2v) is 10.7. The average molecular weight is 453 g/mol. The predicted octanol–water partition coefficient (Wildman–Crippen LogP) is 2.96. The molecule has 1 atom stereocenters. The van der Waals surface area contributed by atoms with Crippen LogP contribution in [0.5, 0.6) is 0 Å². The van der Waals surface area contributed by atoms with Crippen molar-refractivity contribution < 1.29 is 33.0 Å². The highest BCUT2D eigenvalue weighted by atomic mass is 32.2. The molecule has 1 aromatic carbocycles. The first-order chi connectivity index (χ1) is 14.6. The van der Waals surface area contributed by atoms with Crippen LogP contribution in [0.1, 0.15) is 57.1 Å². The molecule has 0 aromatic heterocycles. The van der Waals surface area contributed by atoms with Crippen LogP contribution in [0.3, 0.4) is 0 Å². The Hall–Kier alpha value is -2.19. The van der Waals surface area contributed by atoms with Gasteiger partial charge in [0.1, 0.15) is 0 Å². The van der Waals surface area contributed by atoms with Crippen LogP contribution >= 0.6 is 0 Å². The Balaban J connectivity index is 2.08. The van der Waals surface area contributed by atoms with Crippen LogP contribution < -0.4 is 0 Å². The molecule has 0 bridgehead atoms. The molecule has 8 heteroatoms. The van der Waals surface area contributed by atoms with Gasteiger partial charge < -0.3 is 14.9 Å². The van der Waals surface area contributed by atoms with Gasteiger partial charge in [0.2, 0.25) is 0 Å². The molecule has 0 amide bonds. The van der Waals surface area contributed by atoms with E-state index < -0.39 is 27.2 Å². The summed E-state index contributed by atoms with van der Waals surface area (Å²) < 4.78 is 29.0. The van der Waals surface area contributed by atoms with Crippen LogP contribution in [0, 0.1) is 5.41 Å². The zero-order valence-electron chi connectivity index (χ0n) is 18.2. The number of benzene rings is 1. The molecule has 2 N–H and O–H groups in total. The van der Waals surface area contributed by atoms with Gasteiger partial charge in [-0.25, -0.2) is 13.2 Å². The molecule has 1 aliphatic rings. The van der Waals surface area contributed by atoms with Crippen molar-refractivity contribution in [3.8, 4) is 0 Å². The molecule has 1 aliphatic carbocycles. The Labute approximate surface area is 184 Å². The molecule has 7 nitrogen and oxygen atoms in total. The van der Waals surface area contributed by atoms with Gasteiger partial charge in [0.05, 0.1) is 30.1 Å². The summed E-state index contributed by atoms with van der Waals surface area (Å²) in [7, 11) is -3.30. The number of rotatable bonds is 13. The Kier molecular flexibility index (Phi) is 8.42. The molecule has 1 unspecified atom stereocenters. The fourth-order valence-corrected chi connectivity index (χ4v) is 5.64. The largest absolute Gasteiger partial charge is 0.481 e. The third kappa shape index (κ3) is 7.18. The molecular formula is C23H32O7S. The molecule has 0 aliphatic heterocycles. The normalized spacial score (nSPS) is 17.3. The molecule has 172 valence electrons. The number of carbonyl (C=O) groups excluding carboxylic acids is 1. The van der Waals surface area contributed by atoms with Crippen molar-refractivity contribution in [1.29, 1.82) is 0 Å². The van der Waals surface area contributed by atoms with Crippen LogP contribution in [-0.4, -0.2) is 55.3 Å². The Morgan fingerprint density at radius 2 is 2.00 bits per heavy atom. The third-order valence-electron chi connectivity index (χ3n) is 5.96. The maximum atomic E-state index is 12.2. The summed E-state index contributed by atoms with van der Waals surface area (Å²) in [5, 5.41) is 18.9.